The van der Waals surface area contributed by atoms with Crippen LogP contribution in [0.3, 0.4) is 0 Å². The van der Waals surface area contributed by atoms with E-state index < -0.39 is 0 Å². The molecule has 2 aromatic rings. The number of carbonyl (C=O) groups excluding carboxylic acids is 2. The fourth-order valence-electron chi connectivity index (χ4n) is 2.12. The van der Waals surface area contributed by atoms with Gasteiger partial charge in [-0.25, -0.2) is 9.18 Å². The lowest BCUT2D eigenvalue weighted by Crippen LogP contribution is -2.41. The molecular weight excluding hydrogens is 309 g/mol. The van der Waals surface area contributed by atoms with Gasteiger partial charge >= 0.3 is 6.03 Å². The Morgan fingerprint density at radius 2 is 1.42 bits per heavy atom. The summed E-state index contributed by atoms with van der Waals surface area (Å²) < 4.78 is 13.4. The highest BCUT2D eigenvalue weighted by molar-refractivity contribution is 5.94. The van der Waals surface area contributed by atoms with E-state index in [0.717, 1.165) is 0 Å². The Kier molecular flexibility index (Phi) is 6.76. The molecule has 126 valence electrons. The first-order valence-electron chi connectivity index (χ1n) is 7.75. The molecule has 24 heavy (non-hydrogen) atoms. The molecule has 0 heterocycles. The van der Waals surface area contributed by atoms with Gasteiger partial charge in [0.15, 0.2) is 0 Å². The number of urea groups is 1. The average molecular weight is 329 g/mol. The molecular formula is C18H20FN3O2. The molecule has 0 bridgehead atoms. The molecule has 0 aliphatic heterocycles. The fraction of sp³-hybridized carbons (Fsp3) is 0.222. The quantitative estimate of drug-likeness (QED) is 0.681. The first-order chi connectivity index (χ1) is 11.7. The van der Waals surface area contributed by atoms with Crippen molar-refractivity contribution < 1.29 is 14.0 Å². The number of halogens is 1. The highest BCUT2D eigenvalue weighted by atomic mass is 19.1. The van der Waals surface area contributed by atoms with E-state index in [9.17, 15) is 14.0 Å². The van der Waals surface area contributed by atoms with Crippen LogP contribution in [0.4, 0.5) is 9.18 Å². The van der Waals surface area contributed by atoms with E-state index in [0.29, 0.717) is 37.2 Å². The third-order valence-corrected chi connectivity index (χ3v) is 3.37. The number of hydrogen-bond donors (Lipinski definition) is 3. The largest absolute Gasteiger partial charge is 0.350 e. The Hall–Kier alpha value is -2.89. The molecule has 2 aromatic carbocycles. The van der Waals surface area contributed by atoms with E-state index in [1.54, 1.807) is 42.5 Å². The molecule has 3 N–H and O–H groups in total. The Balaban J connectivity index is 1.58. The zero-order chi connectivity index (χ0) is 17.2. The van der Waals surface area contributed by atoms with Gasteiger partial charge in [-0.3, -0.25) is 4.79 Å². The van der Waals surface area contributed by atoms with Crippen molar-refractivity contribution in [3.8, 4) is 0 Å². The van der Waals surface area contributed by atoms with Crippen LogP contribution >= 0.6 is 0 Å². The van der Waals surface area contributed by atoms with Crippen LogP contribution in [0, 0.1) is 5.82 Å². The average Bonchev–Trinajstić information content (AvgIpc) is 2.61. The monoisotopic (exact) mass is 329 g/mol. The topological polar surface area (TPSA) is 70.2 Å². The summed E-state index contributed by atoms with van der Waals surface area (Å²) >= 11 is 0. The highest BCUT2D eigenvalue weighted by Crippen LogP contribution is 2.05. The fourth-order valence-corrected chi connectivity index (χ4v) is 2.12. The summed E-state index contributed by atoms with van der Waals surface area (Å²) in [5.74, 6) is -0.458. The van der Waals surface area contributed by atoms with Gasteiger partial charge in [0, 0.05) is 25.2 Å². The van der Waals surface area contributed by atoms with E-state index in [1.165, 1.54) is 6.07 Å². The van der Waals surface area contributed by atoms with Crippen LogP contribution in [0.2, 0.25) is 0 Å². The van der Waals surface area contributed by atoms with Crippen LogP contribution in [-0.2, 0) is 6.42 Å². The number of carbonyl (C=O) groups is 2. The van der Waals surface area contributed by atoms with E-state index in [4.69, 9.17) is 0 Å². The summed E-state index contributed by atoms with van der Waals surface area (Å²) in [6.07, 6.45) is 0.421. The summed E-state index contributed by atoms with van der Waals surface area (Å²) in [5.41, 5.74) is 1.14. The van der Waals surface area contributed by atoms with E-state index in [1.807, 2.05) is 6.07 Å². The molecule has 0 radical (unpaired) electrons. The number of amides is 3. The zero-order valence-electron chi connectivity index (χ0n) is 13.2. The first-order valence-corrected chi connectivity index (χ1v) is 7.75. The number of benzene rings is 2. The molecule has 3 amide bonds. The van der Waals surface area contributed by atoms with Crippen LogP contribution in [-0.4, -0.2) is 31.6 Å². The van der Waals surface area contributed by atoms with Crippen molar-refractivity contribution in [3.05, 3.63) is 71.5 Å². The lowest BCUT2D eigenvalue weighted by atomic mass is 10.1. The molecule has 0 aliphatic rings. The van der Waals surface area contributed by atoms with Crippen molar-refractivity contribution in [2.45, 2.75) is 6.42 Å². The number of rotatable bonds is 7. The lowest BCUT2D eigenvalue weighted by molar-refractivity contribution is 0.0954. The molecule has 0 unspecified atom stereocenters. The summed E-state index contributed by atoms with van der Waals surface area (Å²) in [6.45, 7) is 0.974. The second-order valence-electron chi connectivity index (χ2n) is 5.15. The van der Waals surface area contributed by atoms with Crippen molar-refractivity contribution in [3.63, 3.8) is 0 Å². The minimum atomic E-state index is -0.347. The normalized spacial score (nSPS) is 10.0. The van der Waals surface area contributed by atoms with Crippen molar-refractivity contribution in [1.29, 1.82) is 0 Å². The van der Waals surface area contributed by atoms with Gasteiger partial charge in [-0.2, -0.15) is 0 Å². The van der Waals surface area contributed by atoms with Gasteiger partial charge < -0.3 is 16.0 Å². The first kappa shape index (κ1) is 17.5. The predicted molar refractivity (Wildman–Crippen MR) is 90.3 cm³/mol. The minimum Gasteiger partial charge on any atom is -0.350 e. The smallest absolute Gasteiger partial charge is 0.314 e. The van der Waals surface area contributed by atoms with Crippen molar-refractivity contribution in [2.24, 2.45) is 0 Å². The third kappa shape index (κ3) is 5.72. The van der Waals surface area contributed by atoms with Gasteiger partial charge in [0.05, 0.1) is 0 Å². The van der Waals surface area contributed by atoms with E-state index in [-0.39, 0.29) is 17.8 Å². The van der Waals surface area contributed by atoms with Gasteiger partial charge in [-0.05, 0) is 30.2 Å². The van der Waals surface area contributed by atoms with Gasteiger partial charge in [0.25, 0.3) is 5.91 Å². The summed E-state index contributed by atoms with van der Waals surface area (Å²) in [5, 5.41) is 7.99. The van der Waals surface area contributed by atoms with Crippen molar-refractivity contribution >= 4 is 11.9 Å². The highest BCUT2D eigenvalue weighted by Gasteiger charge is 2.05. The molecule has 0 saturated carbocycles. The van der Waals surface area contributed by atoms with Gasteiger partial charge in [-0.15, -0.1) is 0 Å². The number of nitrogens with one attached hydrogen (secondary N) is 3. The Morgan fingerprint density at radius 3 is 2.17 bits per heavy atom. The molecule has 2 rings (SSSR count). The van der Waals surface area contributed by atoms with Crippen LogP contribution in [0.1, 0.15) is 15.9 Å². The maximum absolute atomic E-state index is 13.4. The predicted octanol–water partition coefficient (Wildman–Crippen LogP) is 2.10. The van der Waals surface area contributed by atoms with Gasteiger partial charge in [0.2, 0.25) is 0 Å². The van der Waals surface area contributed by atoms with Crippen molar-refractivity contribution in [1.82, 2.24) is 16.0 Å². The van der Waals surface area contributed by atoms with Crippen LogP contribution in [0.5, 0.6) is 0 Å². The minimum absolute atomic E-state index is 0.183. The van der Waals surface area contributed by atoms with Crippen LogP contribution in [0.25, 0.3) is 0 Å². The molecule has 0 aromatic heterocycles. The SMILES string of the molecule is O=C(NCCNC(=O)c1ccccc1)NCCc1ccccc1F. The lowest BCUT2D eigenvalue weighted by Gasteiger charge is -2.09. The Bertz CT molecular complexity index is 677. The maximum atomic E-state index is 13.4. The standard InChI is InChI=1S/C18H20FN3O2/c19-16-9-5-4-6-14(16)10-11-21-18(24)22-13-12-20-17(23)15-7-2-1-3-8-15/h1-9H,10-13H2,(H,20,23)(H2,21,22,24). The molecule has 0 atom stereocenters. The number of hydrogen-bond acceptors (Lipinski definition) is 2. The van der Waals surface area contributed by atoms with Crippen LogP contribution < -0.4 is 16.0 Å². The Labute approximate surface area is 140 Å². The Morgan fingerprint density at radius 1 is 0.792 bits per heavy atom. The van der Waals surface area contributed by atoms with Gasteiger partial charge in [0.1, 0.15) is 5.82 Å². The van der Waals surface area contributed by atoms with E-state index >= 15 is 0 Å². The molecule has 0 aliphatic carbocycles. The second kappa shape index (κ2) is 9.29. The summed E-state index contributed by atoms with van der Waals surface area (Å²) in [7, 11) is 0. The molecule has 0 fully saturated rings. The van der Waals surface area contributed by atoms with Gasteiger partial charge in [-0.1, -0.05) is 36.4 Å². The molecule has 0 spiro atoms. The molecule has 0 saturated heterocycles. The van der Waals surface area contributed by atoms with Crippen LogP contribution in [0.15, 0.2) is 54.6 Å². The molecule has 6 heteroatoms. The van der Waals surface area contributed by atoms with Crippen molar-refractivity contribution in [2.75, 3.05) is 19.6 Å². The third-order valence-electron chi connectivity index (χ3n) is 3.37. The summed E-state index contributed by atoms with van der Waals surface area (Å²) in [6, 6.07) is 15.0. The summed E-state index contributed by atoms with van der Waals surface area (Å²) in [4.78, 5) is 23.4. The molecule has 5 nitrogen and oxygen atoms in total. The second-order valence-corrected chi connectivity index (χ2v) is 5.15. The van der Waals surface area contributed by atoms with E-state index in [2.05, 4.69) is 16.0 Å². The maximum Gasteiger partial charge on any atom is 0.314 e. The zero-order valence-corrected chi connectivity index (χ0v) is 13.2.